The highest BCUT2D eigenvalue weighted by Gasteiger charge is 2.25. The maximum Gasteiger partial charge on any atom is 0.228 e. The summed E-state index contributed by atoms with van der Waals surface area (Å²) in [6.07, 6.45) is 2.20. The van der Waals surface area contributed by atoms with Crippen LogP contribution in [0.4, 0.5) is 0 Å². The molecule has 0 aromatic carbocycles. The number of thiophene rings is 1. The molecular weight excluding hydrogens is 312 g/mol. The van der Waals surface area contributed by atoms with E-state index in [2.05, 4.69) is 33.5 Å². The largest absolute Gasteiger partial charge is 0.351 e. The van der Waals surface area contributed by atoms with Crippen LogP contribution in [-0.4, -0.2) is 24.5 Å². The number of hydrogen-bond acceptors (Lipinski definition) is 3. The molecular formula is C13H19BrN2OS. The number of halogens is 1. The zero-order valence-electron chi connectivity index (χ0n) is 10.7. The van der Waals surface area contributed by atoms with E-state index in [-0.39, 0.29) is 17.9 Å². The zero-order chi connectivity index (χ0) is 13.1. The standard InChI is InChI=1S/C13H19BrN2OS/c1-8(11-5-6-12(14)18-11)13(17)16-10-4-3-7-15-9(10)2/h5-6,8-10,15H,3-4,7H2,1-2H3,(H,16,17). The molecule has 0 radical (unpaired) electrons. The number of rotatable bonds is 3. The van der Waals surface area contributed by atoms with Crippen molar-refractivity contribution in [3.05, 3.63) is 20.8 Å². The first-order valence-corrected chi connectivity index (χ1v) is 7.98. The molecule has 1 aliphatic rings. The lowest BCUT2D eigenvalue weighted by atomic mass is 9.98. The van der Waals surface area contributed by atoms with E-state index in [4.69, 9.17) is 0 Å². The Morgan fingerprint density at radius 2 is 2.39 bits per heavy atom. The Labute approximate surface area is 120 Å². The quantitative estimate of drug-likeness (QED) is 0.894. The van der Waals surface area contributed by atoms with Crippen LogP contribution in [0.5, 0.6) is 0 Å². The molecule has 1 fully saturated rings. The van der Waals surface area contributed by atoms with E-state index in [1.54, 1.807) is 11.3 Å². The van der Waals surface area contributed by atoms with Gasteiger partial charge in [-0.15, -0.1) is 11.3 Å². The molecule has 0 bridgehead atoms. The van der Waals surface area contributed by atoms with Crippen molar-refractivity contribution in [1.82, 2.24) is 10.6 Å². The molecule has 18 heavy (non-hydrogen) atoms. The Hall–Kier alpha value is -0.390. The fraction of sp³-hybridized carbons (Fsp3) is 0.615. The molecule has 3 nitrogen and oxygen atoms in total. The molecule has 5 heteroatoms. The number of hydrogen-bond donors (Lipinski definition) is 2. The van der Waals surface area contributed by atoms with E-state index in [9.17, 15) is 4.79 Å². The zero-order valence-corrected chi connectivity index (χ0v) is 13.1. The Morgan fingerprint density at radius 1 is 1.61 bits per heavy atom. The van der Waals surface area contributed by atoms with Crippen molar-refractivity contribution >= 4 is 33.2 Å². The van der Waals surface area contributed by atoms with E-state index in [0.29, 0.717) is 6.04 Å². The fourth-order valence-corrected chi connectivity index (χ4v) is 3.71. The van der Waals surface area contributed by atoms with Gasteiger partial charge in [0.25, 0.3) is 0 Å². The van der Waals surface area contributed by atoms with Gasteiger partial charge in [0, 0.05) is 17.0 Å². The number of carbonyl (C=O) groups excluding carboxylic acids is 1. The molecule has 1 amide bonds. The molecule has 0 saturated carbocycles. The summed E-state index contributed by atoms with van der Waals surface area (Å²) in [6.45, 7) is 5.16. The molecule has 0 aliphatic carbocycles. The summed E-state index contributed by atoms with van der Waals surface area (Å²) in [5.74, 6) is 0.0559. The molecule has 2 N–H and O–H groups in total. The minimum atomic E-state index is -0.0737. The Kier molecular flexibility index (Phi) is 4.81. The van der Waals surface area contributed by atoms with Gasteiger partial charge in [0.1, 0.15) is 0 Å². The second-order valence-corrected chi connectivity index (χ2v) is 7.36. The van der Waals surface area contributed by atoms with Crippen LogP contribution in [0.25, 0.3) is 0 Å². The maximum absolute atomic E-state index is 12.2. The van der Waals surface area contributed by atoms with Crippen LogP contribution in [0, 0.1) is 0 Å². The first kappa shape index (κ1) is 14.0. The van der Waals surface area contributed by atoms with Gasteiger partial charge in [0.05, 0.1) is 9.70 Å². The van der Waals surface area contributed by atoms with Gasteiger partial charge in [-0.05, 0) is 61.3 Å². The van der Waals surface area contributed by atoms with Crippen LogP contribution in [-0.2, 0) is 4.79 Å². The highest BCUT2D eigenvalue weighted by atomic mass is 79.9. The number of nitrogens with one attached hydrogen (secondary N) is 2. The van der Waals surface area contributed by atoms with Gasteiger partial charge in [-0.1, -0.05) is 0 Å². The summed E-state index contributed by atoms with van der Waals surface area (Å²) in [6, 6.07) is 4.64. The van der Waals surface area contributed by atoms with Crippen LogP contribution >= 0.6 is 27.3 Å². The van der Waals surface area contributed by atoms with Crippen LogP contribution in [0.3, 0.4) is 0 Å². The molecule has 1 aliphatic heterocycles. The average molecular weight is 331 g/mol. The first-order chi connectivity index (χ1) is 8.58. The molecule has 3 unspecified atom stereocenters. The van der Waals surface area contributed by atoms with Crippen molar-refractivity contribution in [3.8, 4) is 0 Å². The van der Waals surface area contributed by atoms with Crippen molar-refractivity contribution < 1.29 is 4.79 Å². The summed E-state index contributed by atoms with van der Waals surface area (Å²) in [4.78, 5) is 13.3. The molecule has 2 heterocycles. The average Bonchev–Trinajstić information content (AvgIpc) is 2.78. The van der Waals surface area contributed by atoms with E-state index in [0.717, 1.165) is 28.0 Å². The predicted molar refractivity (Wildman–Crippen MR) is 79.1 cm³/mol. The van der Waals surface area contributed by atoms with Gasteiger partial charge >= 0.3 is 0 Å². The predicted octanol–water partition coefficient (Wildman–Crippen LogP) is 2.87. The maximum atomic E-state index is 12.2. The lowest BCUT2D eigenvalue weighted by Gasteiger charge is -2.31. The number of carbonyl (C=O) groups is 1. The van der Waals surface area contributed by atoms with Crippen LogP contribution in [0.1, 0.15) is 37.5 Å². The van der Waals surface area contributed by atoms with Crippen LogP contribution in [0.15, 0.2) is 15.9 Å². The van der Waals surface area contributed by atoms with Crippen molar-refractivity contribution in [3.63, 3.8) is 0 Å². The summed E-state index contributed by atoms with van der Waals surface area (Å²) < 4.78 is 1.07. The topological polar surface area (TPSA) is 41.1 Å². The third kappa shape index (κ3) is 3.33. The lowest BCUT2D eigenvalue weighted by molar-refractivity contribution is -0.123. The second-order valence-electron chi connectivity index (χ2n) is 4.86. The van der Waals surface area contributed by atoms with E-state index in [1.807, 2.05) is 19.1 Å². The Morgan fingerprint density at radius 3 is 3.00 bits per heavy atom. The van der Waals surface area contributed by atoms with Crippen molar-refractivity contribution in [2.24, 2.45) is 0 Å². The van der Waals surface area contributed by atoms with E-state index in [1.165, 1.54) is 0 Å². The van der Waals surface area contributed by atoms with Gasteiger partial charge in [-0.3, -0.25) is 4.79 Å². The van der Waals surface area contributed by atoms with Crippen LogP contribution < -0.4 is 10.6 Å². The molecule has 1 aromatic rings. The smallest absolute Gasteiger partial charge is 0.228 e. The number of piperidine rings is 1. The highest BCUT2D eigenvalue weighted by molar-refractivity contribution is 9.11. The van der Waals surface area contributed by atoms with Crippen molar-refractivity contribution in [2.45, 2.75) is 44.7 Å². The second kappa shape index (κ2) is 6.17. The van der Waals surface area contributed by atoms with Gasteiger partial charge in [-0.2, -0.15) is 0 Å². The molecule has 1 aromatic heterocycles. The highest BCUT2D eigenvalue weighted by Crippen LogP contribution is 2.28. The van der Waals surface area contributed by atoms with Gasteiger partial charge in [0.15, 0.2) is 0 Å². The van der Waals surface area contributed by atoms with E-state index >= 15 is 0 Å². The Balaban J connectivity index is 1.94. The molecule has 0 spiro atoms. The van der Waals surface area contributed by atoms with Crippen molar-refractivity contribution in [1.29, 1.82) is 0 Å². The van der Waals surface area contributed by atoms with Gasteiger partial charge < -0.3 is 10.6 Å². The monoisotopic (exact) mass is 330 g/mol. The van der Waals surface area contributed by atoms with Gasteiger partial charge in [0.2, 0.25) is 5.91 Å². The van der Waals surface area contributed by atoms with Crippen LogP contribution in [0.2, 0.25) is 0 Å². The molecule has 3 atom stereocenters. The lowest BCUT2D eigenvalue weighted by Crippen LogP contribution is -2.52. The summed E-state index contributed by atoms with van der Waals surface area (Å²) >= 11 is 5.06. The summed E-state index contributed by atoms with van der Waals surface area (Å²) in [5.41, 5.74) is 0. The van der Waals surface area contributed by atoms with Gasteiger partial charge in [-0.25, -0.2) is 0 Å². The summed E-state index contributed by atoms with van der Waals surface area (Å²) in [5, 5.41) is 6.57. The molecule has 2 rings (SSSR count). The minimum Gasteiger partial charge on any atom is -0.351 e. The fourth-order valence-electron chi connectivity index (χ4n) is 2.24. The minimum absolute atomic E-state index is 0.0737. The van der Waals surface area contributed by atoms with E-state index < -0.39 is 0 Å². The molecule has 100 valence electrons. The van der Waals surface area contributed by atoms with Crippen molar-refractivity contribution in [2.75, 3.05) is 6.54 Å². The third-order valence-electron chi connectivity index (χ3n) is 3.50. The normalized spacial score (nSPS) is 25.7. The third-order valence-corrected chi connectivity index (χ3v) is 5.31. The SMILES string of the molecule is CC(C(=O)NC1CCCNC1C)c1ccc(Br)s1. The Bertz CT molecular complexity index is 421. The number of amides is 1. The molecule has 1 saturated heterocycles. The summed E-state index contributed by atoms with van der Waals surface area (Å²) in [7, 11) is 0. The first-order valence-electron chi connectivity index (χ1n) is 6.37.